The Hall–Kier alpha value is -3.01. The van der Waals surface area contributed by atoms with Gasteiger partial charge in [0.25, 0.3) is 0 Å². The minimum Gasteiger partial charge on any atom is -0.463 e. The van der Waals surface area contributed by atoms with Crippen molar-refractivity contribution in [1.82, 2.24) is 19.5 Å². The number of allylic oxidation sites excluding steroid dienone is 1. The smallest absolute Gasteiger partial charge is 0.433 e. The maximum absolute atomic E-state index is 11.1. The zero-order valence-corrected chi connectivity index (χ0v) is 21.5. The largest absolute Gasteiger partial charge is 0.463 e. The van der Waals surface area contributed by atoms with Gasteiger partial charge in [-0.3, -0.25) is 0 Å². The average Bonchev–Trinajstić information content (AvgIpc) is 3.15. The predicted octanol–water partition coefficient (Wildman–Crippen LogP) is 4.49. The Labute approximate surface area is 212 Å². The number of amidine groups is 1. The van der Waals surface area contributed by atoms with E-state index in [-0.39, 0.29) is 23.6 Å². The Morgan fingerprint density at radius 2 is 1.89 bits per heavy atom. The lowest BCUT2D eigenvalue weighted by molar-refractivity contribution is 0.112. The summed E-state index contributed by atoms with van der Waals surface area (Å²) >= 11 is 0. The van der Waals surface area contributed by atoms with Crippen LogP contribution in [0.4, 0.5) is 10.6 Å². The molecule has 0 bridgehead atoms. The fraction of sp³-hybridized carbons (Fsp3) is 0.654. The van der Waals surface area contributed by atoms with Gasteiger partial charge in [0.1, 0.15) is 17.4 Å². The minimum absolute atomic E-state index is 0.00920. The lowest BCUT2D eigenvalue weighted by atomic mass is 9.80. The summed E-state index contributed by atoms with van der Waals surface area (Å²) in [6, 6.07) is 0.159. The second kappa shape index (κ2) is 10.9. The van der Waals surface area contributed by atoms with E-state index in [0.717, 1.165) is 38.5 Å². The molecule has 1 amide bonds. The molecule has 2 aromatic heterocycles. The summed E-state index contributed by atoms with van der Waals surface area (Å²) in [6.07, 6.45) is 7.75. The van der Waals surface area contributed by atoms with Crippen molar-refractivity contribution in [3.63, 3.8) is 0 Å². The molecular weight excluding hydrogens is 458 g/mol. The van der Waals surface area contributed by atoms with Gasteiger partial charge in [-0.1, -0.05) is 26.3 Å². The molecule has 4 rings (SSSR count). The first-order chi connectivity index (χ1) is 17.2. The first-order valence-corrected chi connectivity index (χ1v) is 13.1. The van der Waals surface area contributed by atoms with Crippen molar-refractivity contribution in [3.8, 4) is 0 Å². The molecule has 2 aromatic rings. The van der Waals surface area contributed by atoms with Gasteiger partial charge in [-0.2, -0.15) is 4.99 Å². The van der Waals surface area contributed by atoms with E-state index in [2.05, 4.69) is 44.4 Å². The third kappa shape index (κ3) is 5.53. The first kappa shape index (κ1) is 26.1. The predicted molar refractivity (Wildman–Crippen MR) is 140 cm³/mol. The molecule has 0 aliphatic heterocycles. The molecular formula is C26H39N7O3. The highest BCUT2D eigenvalue weighted by atomic mass is 16.4. The molecule has 2 saturated carbocycles. The quantitative estimate of drug-likeness (QED) is 0.225. The number of hydrogen-bond donors (Lipinski definition) is 4. The molecule has 0 saturated heterocycles. The number of anilines is 1. The van der Waals surface area contributed by atoms with E-state index < -0.39 is 12.2 Å². The van der Waals surface area contributed by atoms with E-state index in [1.54, 1.807) is 0 Å². The number of carboxylic acid groups (broad SMARTS) is 1. The van der Waals surface area contributed by atoms with Crippen LogP contribution in [-0.4, -0.2) is 47.7 Å². The summed E-state index contributed by atoms with van der Waals surface area (Å²) in [5.74, 6) is 2.30. The highest BCUT2D eigenvalue weighted by Gasteiger charge is 2.30. The van der Waals surface area contributed by atoms with Crippen LogP contribution in [0.15, 0.2) is 17.6 Å². The Balaban J connectivity index is 1.82. The molecule has 10 nitrogen and oxygen atoms in total. The lowest BCUT2D eigenvalue weighted by Gasteiger charge is -2.32. The van der Waals surface area contributed by atoms with E-state index in [1.807, 2.05) is 13.8 Å². The Morgan fingerprint density at radius 3 is 2.44 bits per heavy atom. The van der Waals surface area contributed by atoms with Crippen LogP contribution in [0.2, 0.25) is 0 Å². The number of nitrogens with zero attached hydrogens (tertiary/aromatic N) is 5. The van der Waals surface area contributed by atoms with Gasteiger partial charge in [0.2, 0.25) is 0 Å². The summed E-state index contributed by atoms with van der Waals surface area (Å²) < 4.78 is 2.07. The lowest BCUT2D eigenvalue weighted by Crippen LogP contribution is -2.32. The van der Waals surface area contributed by atoms with Crippen molar-refractivity contribution in [2.24, 2.45) is 34.4 Å². The van der Waals surface area contributed by atoms with Crippen molar-refractivity contribution in [3.05, 3.63) is 24.3 Å². The normalized spacial score (nSPS) is 22.9. The number of hydrogen-bond acceptors (Lipinski definition) is 6. The highest BCUT2D eigenvalue weighted by molar-refractivity contribution is 6.01. The van der Waals surface area contributed by atoms with Gasteiger partial charge in [0.05, 0.1) is 0 Å². The second-order valence-electron chi connectivity index (χ2n) is 10.8. The van der Waals surface area contributed by atoms with E-state index in [4.69, 9.17) is 15.8 Å². The number of aliphatic imine (C=N–C) groups is 1. The number of aromatic nitrogens is 4. The van der Waals surface area contributed by atoms with Gasteiger partial charge in [-0.05, 0) is 69.1 Å². The number of carbonyl (C=O) groups is 1. The van der Waals surface area contributed by atoms with Crippen molar-refractivity contribution in [2.75, 3.05) is 5.32 Å². The van der Waals surface area contributed by atoms with Crippen LogP contribution < -0.4 is 11.1 Å². The Morgan fingerprint density at radius 1 is 1.19 bits per heavy atom. The number of amides is 1. The first-order valence-electron chi connectivity index (χ1n) is 13.1. The topological polar surface area (TPSA) is 152 Å². The van der Waals surface area contributed by atoms with Crippen molar-refractivity contribution in [1.29, 1.82) is 0 Å². The zero-order valence-electron chi connectivity index (χ0n) is 21.5. The molecule has 0 radical (unpaired) electrons. The Bertz CT molecular complexity index is 1130. The molecule has 0 spiro atoms. The summed E-state index contributed by atoms with van der Waals surface area (Å²) in [5, 5.41) is 23.7. The van der Waals surface area contributed by atoms with Gasteiger partial charge < -0.3 is 25.8 Å². The minimum atomic E-state index is -1.41. The SMILES string of the molecule is C=CC1CCC(Cn2c(C(O)C(C)C)nc3nc(C(N)=NC(=O)O)nc(NC(C)C4CCC4)c32)CC1. The molecule has 10 heteroatoms. The van der Waals surface area contributed by atoms with Gasteiger partial charge >= 0.3 is 6.09 Å². The van der Waals surface area contributed by atoms with Gasteiger partial charge in [0.15, 0.2) is 23.1 Å². The van der Waals surface area contributed by atoms with Crippen molar-refractivity contribution >= 4 is 28.9 Å². The zero-order chi connectivity index (χ0) is 26.0. The molecule has 196 valence electrons. The number of nitrogens with one attached hydrogen (secondary N) is 1. The number of imidazole rings is 1. The summed E-state index contributed by atoms with van der Waals surface area (Å²) in [7, 11) is 0. The summed E-state index contributed by atoms with van der Waals surface area (Å²) in [5.41, 5.74) is 7.03. The standard InChI is InChI=1S/C26H39N7O3/c1-5-16-9-11-17(12-10-16)13-33-19-22(28-15(4)18-7-6-8-18)30-24(21(27)29-26(35)36)31-23(19)32-25(33)20(34)14(2)3/h5,14-18,20,34H,1,6-13H2,2-4H3,(H2,27,29)(H,35,36)(H,28,30,31). The molecule has 2 unspecified atom stereocenters. The van der Waals surface area contributed by atoms with Gasteiger partial charge in [-0.25, -0.2) is 19.7 Å². The van der Waals surface area contributed by atoms with Gasteiger partial charge in [0, 0.05) is 12.6 Å². The third-order valence-electron chi connectivity index (χ3n) is 7.86. The molecule has 2 aliphatic rings. The molecule has 2 atom stereocenters. The van der Waals surface area contributed by atoms with Crippen LogP contribution in [0.5, 0.6) is 0 Å². The maximum atomic E-state index is 11.1. The van der Waals surface area contributed by atoms with E-state index in [1.165, 1.54) is 6.42 Å². The van der Waals surface area contributed by atoms with Crippen LogP contribution in [0.1, 0.15) is 83.5 Å². The summed E-state index contributed by atoms with van der Waals surface area (Å²) in [6.45, 7) is 10.7. The Kier molecular flexibility index (Phi) is 7.92. The van der Waals surface area contributed by atoms with Crippen LogP contribution in [0.25, 0.3) is 11.2 Å². The molecule has 0 aromatic carbocycles. The monoisotopic (exact) mass is 497 g/mol. The molecule has 2 heterocycles. The van der Waals surface area contributed by atoms with E-state index >= 15 is 0 Å². The van der Waals surface area contributed by atoms with E-state index in [9.17, 15) is 9.90 Å². The van der Waals surface area contributed by atoms with E-state index in [0.29, 0.717) is 47.1 Å². The number of aliphatic hydroxyl groups excluding tert-OH is 1. The third-order valence-corrected chi connectivity index (χ3v) is 7.86. The van der Waals surface area contributed by atoms with Gasteiger partial charge in [-0.15, -0.1) is 6.58 Å². The van der Waals surface area contributed by atoms with Crippen LogP contribution in [-0.2, 0) is 6.54 Å². The van der Waals surface area contributed by atoms with Crippen molar-refractivity contribution < 1.29 is 15.0 Å². The maximum Gasteiger partial charge on any atom is 0.433 e. The number of rotatable bonds is 9. The van der Waals surface area contributed by atoms with Crippen molar-refractivity contribution in [2.45, 2.75) is 84.4 Å². The number of nitrogens with two attached hydrogens (primary N) is 1. The molecule has 36 heavy (non-hydrogen) atoms. The summed E-state index contributed by atoms with van der Waals surface area (Å²) in [4.78, 5) is 28.4. The fourth-order valence-electron chi connectivity index (χ4n) is 5.27. The van der Waals surface area contributed by atoms with Crippen LogP contribution in [0.3, 0.4) is 0 Å². The average molecular weight is 498 g/mol. The molecule has 2 fully saturated rings. The molecule has 5 N–H and O–H groups in total. The van der Waals surface area contributed by atoms with Crippen LogP contribution >= 0.6 is 0 Å². The fourth-order valence-corrected chi connectivity index (χ4v) is 5.27. The second-order valence-corrected chi connectivity index (χ2v) is 10.8. The molecule has 2 aliphatic carbocycles. The number of fused-ring (bicyclic) bond motifs is 1. The highest BCUT2D eigenvalue weighted by Crippen LogP contribution is 2.36. The number of aliphatic hydroxyl groups is 1. The van der Waals surface area contributed by atoms with Crippen LogP contribution in [0, 0.1) is 23.7 Å².